The van der Waals surface area contributed by atoms with E-state index >= 15 is 0 Å². The molecule has 1 aliphatic rings. The number of hydrogen-bond donors (Lipinski definition) is 0. The van der Waals surface area contributed by atoms with Gasteiger partial charge in [0.05, 0.1) is 35.1 Å². The fraction of sp³-hybridized carbons (Fsp3) is 0.538. The van der Waals surface area contributed by atoms with Gasteiger partial charge in [-0.1, -0.05) is 29.3 Å². The van der Waals surface area contributed by atoms with Gasteiger partial charge in [-0.3, -0.25) is 0 Å². The number of nitrogens with zero attached hydrogens (tertiary/aromatic N) is 1. The third kappa shape index (κ3) is 4.55. The van der Waals surface area contributed by atoms with Crippen LogP contribution >= 0.6 is 23.2 Å². The van der Waals surface area contributed by atoms with Crippen LogP contribution in [0.5, 0.6) is 0 Å². The van der Waals surface area contributed by atoms with E-state index in [0.29, 0.717) is 41.9 Å². The maximum atomic E-state index is 12.2. The summed E-state index contributed by atoms with van der Waals surface area (Å²) in [6.07, 6.45) is -0.0521. The van der Waals surface area contributed by atoms with E-state index in [-0.39, 0.29) is 11.9 Å². The molecule has 1 aromatic rings. The normalized spacial score (nSPS) is 16.9. The minimum atomic E-state index is -3.35. The smallest absolute Gasteiger partial charge is 0.218 e. The highest BCUT2D eigenvalue weighted by Gasteiger charge is 2.36. The summed E-state index contributed by atoms with van der Waals surface area (Å²) in [7, 11) is -1.75. The van der Waals surface area contributed by atoms with E-state index in [0.717, 1.165) is 0 Å². The van der Waals surface area contributed by atoms with Crippen LogP contribution in [0.25, 0.3) is 0 Å². The van der Waals surface area contributed by atoms with Gasteiger partial charge in [0.2, 0.25) is 10.0 Å². The Bertz CT molecular complexity index is 588. The van der Waals surface area contributed by atoms with Crippen molar-refractivity contribution in [3.63, 3.8) is 0 Å². The molecule has 1 aromatic carbocycles. The molecule has 5 nitrogen and oxygen atoms in total. The Balaban J connectivity index is 1.87. The van der Waals surface area contributed by atoms with Crippen molar-refractivity contribution in [1.29, 1.82) is 0 Å². The molecule has 1 aliphatic heterocycles. The summed E-state index contributed by atoms with van der Waals surface area (Å²) in [5, 5.41) is 0.766. The predicted molar refractivity (Wildman–Crippen MR) is 82.3 cm³/mol. The van der Waals surface area contributed by atoms with Crippen molar-refractivity contribution in [2.45, 2.75) is 11.9 Å². The van der Waals surface area contributed by atoms with Gasteiger partial charge >= 0.3 is 0 Å². The minimum Gasteiger partial charge on any atom is -0.382 e. The highest BCUT2D eigenvalue weighted by atomic mass is 35.5. The molecule has 0 N–H and O–H groups in total. The van der Waals surface area contributed by atoms with Gasteiger partial charge in [0, 0.05) is 20.2 Å². The molecule has 1 heterocycles. The van der Waals surface area contributed by atoms with Crippen LogP contribution in [-0.2, 0) is 25.2 Å². The van der Waals surface area contributed by atoms with E-state index in [1.807, 2.05) is 0 Å². The number of rotatable bonds is 7. The van der Waals surface area contributed by atoms with Gasteiger partial charge < -0.3 is 9.47 Å². The zero-order valence-corrected chi connectivity index (χ0v) is 13.9. The quantitative estimate of drug-likeness (QED) is 0.705. The van der Waals surface area contributed by atoms with Gasteiger partial charge in [0.25, 0.3) is 0 Å². The predicted octanol–water partition coefficient (Wildman–Crippen LogP) is 2.17. The lowest BCUT2D eigenvalue weighted by Crippen LogP contribution is -2.55. The van der Waals surface area contributed by atoms with Gasteiger partial charge in [-0.05, 0) is 17.7 Å². The van der Waals surface area contributed by atoms with Gasteiger partial charge in [-0.2, -0.15) is 4.31 Å². The number of halogens is 2. The molecular weight excluding hydrogens is 337 g/mol. The van der Waals surface area contributed by atoms with E-state index in [9.17, 15) is 8.42 Å². The maximum Gasteiger partial charge on any atom is 0.218 e. The first kappa shape index (κ1) is 17.0. The van der Waals surface area contributed by atoms with Crippen LogP contribution in [0.3, 0.4) is 0 Å². The second kappa shape index (κ2) is 7.26. The van der Waals surface area contributed by atoms with E-state index < -0.39 is 10.0 Å². The van der Waals surface area contributed by atoms with Gasteiger partial charge in [-0.25, -0.2) is 8.42 Å². The van der Waals surface area contributed by atoms with Crippen molar-refractivity contribution >= 4 is 33.2 Å². The first-order valence-electron chi connectivity index (χ1n) is 6.44. The van der Waals surface area contributed by atoms with Gasteiger partial charge in [0.15, 0.2) is 0 Å². The van der Waals surface area contributed by atoms with Crippen molar-refractivity contribution in [3.05, 3.63) is 33.8 Å². The lowest BCUT2D eigenvalue weighted by atomic mass is 10.2. The van der Waals surface area contributed by atoms with Crippen LogP contribution in [0, 0.1) is 0 Å². The summed E-state index contributed by atoms with van der Waals surface area (Å²) in [5.74, 6) is -0.0886. The van der Waals surface area contributed by atoms with Crippen LogP contribution in [0.15, 0.2) is 18.2 Å². The number of benzene rings is 1. The van der Waals surface area contributed by atoms with Crippen molar-refractivity contribution in [2.24, 2.45) is 0 Å². The molecule has 0 spiro atoms. The highest BCUT2D eigenvalue weighted by molar-refractivity contribution is 7.88. The number of ether oxygens (including phenoxy) is 2. The molecule has 0 saturated carbocycles. The molecule has 0 aromatic heterocycles. The number of methoxy groups -OCH3 is 1. The molecule has 0 amide bonds. The highest BCUT2D eigenvalue weighted by Crippen LogP contribution is 2.25. The van der Waals surface area contributed by atoms with Gasteiger partial charge in [-0.15, -0.1) is 0 Å². The second-order valence-corrected chi connectivity index (χ2v) is 7.59. The first-order valence-corrected chi connectivity index (χ1v) is 8.81. The summed E-state index contributed by atoms with van der Waals surface area (Å²) >= 11 is 11.7. The molecule has 8 heteroatoms. The largest absolute Gasteiger partial charge is 0.382 e. The Kier molecular flexibility index (Phi) is 5.88. The lowest BCUT2D eigenvalue weighted by Gasteiger charge is -2.37. The molecule has 0 bridgehead atoms. The Morgan fingerprint density at radius 3 is 2.57 bits per heavy atom. The van der Waals surface area contributed by atoms with Crippen LogP contribution in [0.4, 0.5) is 0 Å². The van der Waals surface area contributed by atoms with E-state index in [4.69, 9.17) is 32.7 Å². The summed E-state index contributed by atoms with van der Waals surface area (Å²) in [6, 6.07) is 4.84. The zero-order chi connectivity index (χ0) is 15.5. The zero-order valence-electron chi connectivity index (χ0n) is 11.6. The van der Waals surface area contributed by atoms with Crippen molar-refractivity contribution < 1.29 is 17.9 Å². The van der Waals surface area contributed by atoms with Crippen LogP contribution in [0.2, 0.25) is 10.0 Å². The molecule has 1 fully saturated rings. The third-order valence-electron chi connectivity index (χ3n) is 3.18. The molecule has 21 heavy (non-hydrogen) atoms. The summed E-state index contributed by atoms with van der Waals surface area (Å²) < 4.78 is 36.2. The number of hydrogen-bond acceptors (Lipinski definition) is 4. The fourth-order valence-corrected chi connectivity index (χ4v) is 3.85. The second-order valence-electron chi connectivity index (χ2n) is 4.81. The van der Waals surface area contributed by atoms with Gasteiger partial charge in [0.1, 0.15) is 0 Å². The summed E-state index contributed by atoms with van der Waals surface area (Å²) in [4.78, 5) is 0. The first-order chi connectivity index (χ1) is 9.92. The maximum absolute atomic E-state index is 12.2. The molecule has 0 aliphatic carbocycles. The fourth-order valence-electron chi connectivity index (χ4n) is 1.96. The topological polar surface area (TPSA) is 55.8 Å². The Labute approximate surface area is 134 Å². The molecule has 2 rings (SSSR count). The molecule has 1 saturated heterocycles. The monoisotopic (exact) mass is 353 g/mol. The average molecular weight is 354 g/mol. The van der Waals surface area contributed by atoms with Crippen molar-refractivity contribution in [2.75, 3.05) is 33.4 Å². The third-order valence-corrected chi connectivity index (χ3v) is 5.70. The van der Waals surface area contributed by atoms with E-state index in [1.165, 1.54) is 4.31 Å². The molecule has 0 unspecified atom stereocenters. The molecule has 0 radical (unpaired) electrons. The molecule has 0 atom stereocenters. The van der Waals surface area contributed by atoms with Crippen LogP contribution in [0.1, 0.15) is 5.56 Å². The summed E-state index contributed by atoms with van der Waals surface area (Å²) in [6.45, 7) is 1.75. The average Bonchev–Trinajstić information content (AvgIpc) is 2.36. The Morgan fingerprint density at radius 1 is 1.24 bits per heavy atom. The van der Waals surface area contributed by atoms with Crippen LogP contribution in [-0.4, -0.2) is 52.2 Å². The molecular formula is C13H17Cl2NO4S. The van der Waals surface area contributed by atoms with Crippen molar-refractivity contribution in [1.82, 2.24) is 4.31 Å². The minimum absolute atomic E-state index is 0.0521. The van der Waals surface area contributed by atoms with Crippen LogP contribution < -0.4 is 0 Å². The summed E-state index contributed by atoms with van der Waals surface area (Å²) in [5.41, 5.74) is 0.619. The molecule has 118 valence electrons. The number of sulfonamides is 1. The standard InChI is InChI=1S/C13H17Cl2NO4S/c1-19-4-5-20-11-7-16(8-11)21(17,18)9-10-2-3-12(14)13(15)6-10/h2-3,6,11H,4-5,7-9H2,1H3. The Morgan fingerprint density at radius 2 is 1.95 bits per heavy atom. The van der Waals surface area contributed by atoms with E-state index in [1.54, 1.807) is 25.3 Å². The lowest BCUT2D eigenvalue weighted by molar-refractivity contribution is -0.0380. The Hall–Kier alpha value is -0.370. The van der Waals surface area contributed by atoms with E-state index in [2.05, 4.69) is 0 Å². The van der Waals surface area contributed by atoms with Crippen molar-refractivity contribution in [3.8, 4) is 0 Å². The SMILES string of the molecule is COCCOC1CN(S(=O)(=O)Cc2ccc(Cl)c(Cl)c2)C1.